The van der Waals surface area contributed by atoms with Crippen LogP contribution in [0.1, 0.15) is 33.3 Å². The minimum absolute atomic E-state index is 0.118. The molecule has 17 heavy (non-hydrogen) atoms. The van der Waals surface area contributed by atoms with E-state index in [2.05, 4.69) is 33.0 Å². The minimum atomic E-state index is 0.118. The molecule has 0 heterocycles. The standard InChI is InChI=1S/C14H22ClNO/c1-10-8-12(15)6-7-13(10)17-11(2)9-16-14(3,4)5/h6-8,11,16H,9H2,1-5H3. The molecule has 1 unspecified atom stereocenters. The molecule has 1 atom stereocenters. The van der Waals surface area contributed by atoms with Gasteiger partial charge in [0.15, 0.2) is 0 Å². The summed E-state index contributed by atoms with van der Waals surface area (Å²) in [6.45, 7) is 11.3. The number of aryl methyl sites for hydroxylation is 1. The van der Waals surface area contributed by atoms with Gasteiger partial charge in [-0.05, 0) is 58.4 Å². The van der Waals surface area contributed by atoms with Gasteiger partial charge < -0.3 is 10.1 Å². The first-order chi connectivity index (χ1) is 7.78. The smallest absolute Gasteiger partial charge is 0.122 e. The van der Waals surface area contributed by atoms with Crippen LogP contribution in [0.4, 0.5) is 0 Å². The van der Waals surface area contributed by atoms with Crippen molar-refractivity contribution < 1.29 is 4.74 Å². The normalized spacial score (nSPS) is 13.5. The van der Waals surface area contributed by atoms with Crippen LogP contribution in [0.25, 0.3) is 0 Å². The third-order valence-corrected chi connectivity index (χ3v) is 2.62. The maximum Gasteiger partial charge on any atom is 0.122 e. The fourth-order valence-electron chi connectivity index (χ4n) is 1.45. The molecule has 96 valence electrons. The van der Waals surface area contributed by atoms with Gasteiger partial charge in [0.2, 0.25) is 0 Å². The zero-order valence-corrected chi connectivity index (χ0v) is 12.1. The summed E-state index contributed by atoms with van der Waals surface area (Å²) in [5.74, 6) is 0.901. The van der Waals surface area contributed by atoms with E-state index in [-0.39, 0.29) is 11.6 Å². The lowest BCUT2D eigenvalue weighted by molar-refractivity contribution is 0.202. The lowest BCUT2D eigenvalue weighted by Gasteiger charge is -2.24. The minimum Gasteiger partial charge on any atom is -0.489 e. The molecular formula is C14H22ClNO. The Bertz CT molecular complexity index is 371. The van der Waals surface area contributed by atoms with Crippen LogP contribution in [0.2, 0.25) is 5.02 Å². The summed E-state index contributed by atoms with van der Waals surface area (Å²) in [4.78, 5) is 0. The summed E-state index contributed by atoms with van der Waals surface area (Å²) in [5.41, 5.74) is 1.19. The lowest BCUT2D eigenvalue weighted by atomic mass is 10.1. The number of nitrogens with one attached hydrogen (secondary N) is 1. The molecule has 1 aromatic rings. The van der Waals surface area contributed by atoms with Gasteiger partial charge in [-0.15, -0.1) is 0 Å². The van der Waals surface area contributed by atoms with Crippen LogP contribution in [0.15, 0.2) is 18.2 Å². The fourth-order valence-corrected chi connectivity index (χ4v) is 1.68. The van der Waals surface area contributed by atoms with E-state index >= 15 is 0 Å². The van der Waals surface area contributed by atoms with E-state index in [0.717, 1.165) is 22.9 Å². The molecule has 0 spiro atoms. The van der Waals surface area contributed by atoms with Gasteiger partial charge in [0.1, 0.15) is 11.9 Å². The van der Waals surface area contributed by atoms with Crippen LogP contribution >= 0.6 is 11.6 Å². The molecule has 0 aliphatic carbocycles. The molecule has 0 aliphatic rings. The van der Waals surface area contributed by atoms with Gasteiger partial charge in [0.25, 0.3) is 0 Å². The van der Waals surface area contributed by atoms with E-state index in [0.29, 0.717) is 0 Å². The summed E-state index contributed by atoms with van der Waals surface area (Å²) < 4.78 is 5.87. The van der Waals surface area contributed by atoms with Gasteiger partial charge in [0.05, 0.1) is 0 Å². The van der Waals surface area contributed by atoms with Crippen LogP contribution in [0, 0.1) is 6.92 Å². The quantitative estimate of drug-likeness (QED) is 0.884. The van der Waals surface area contributed by atoms with Gasteiger partial charge in [-0.25, -0.2) is 0 Å². The molecule has 0 saturated heterocycles. The Morgan fingerprint density at radius 1 is 1.35 bits per heavy atom. The number of ether oxygens (including phenoxy) is 1. The van der Waals surface area contributed by atoms with E-state index in [1.54, 1.807) is 0 Å². The second-order valence-electron chi connectivity index (χ2n) is 5.47. The highest BCUT2D eigenvalue weighted by atomic mass is 35.5. The fraction of sp³-hybridized carbons (Fsp3) is 0.571. The van der Waals surface area contributed by atoms with Crippen molar-refractivity contribution in [2.24, 2.45) is 0 Å². The maximum absolute atomic E-state index is 5.91. The van der Waals surface area contributed by atoms with Gasteiger partial charge >= 0.3 is 0 Å². The summed E-state index contributed by atoms with van der Waals surface area (Å²) in [6.07, 6.45) is 0.133. The van der Waals surface area contributed by atoms with Crippen molar-refractivity contribution in [3.8, 4) is 5.75 Å². The molecule has 0 aliphatic heterocycles. The molecule has 0 aromatic heterocycles. The third-order valence-electron chi connectivity index (χ3n) is 2.38. The first-order valence-corrected chi connectivity index (χ1v) is 6.33. The van der Waals surface area contributed by atoms with E-state index < -0.39 is 0 Å². The van der Waals surface area contributed by atoms with Crippen LogP contribution in [0.3, 0.4) is 0 Å². The first-order valence-electron chi connectivity index (χ1n) is 5.96. The Morgan fingerprint density at radius 3 is 2.53 bits per heavy atom. The maximum atomic E-state index is 5.91. The monoisotopic (exact) mass is 255 g/mol. The number of hydrogen-bond acceptors (Lipinski definition) is 2. The summed E-state index contributed by atoms with van der Waals surface area (Å²) >= 11 is 5.91. The van der Waals surface area contributed by atoms with E-state index in [9.17, 15) is 0 Å². The molecule has 0 bridgehead atoms. The van der Waals surface area contributed by atoms with Crippen LogP contribution in [-0.4, -0.2) is 18.2 Å². The van der Waals surface area contributed by atoms with Crippen molar-refractivity contribution in [3.05, 3.63) is 28.8 Å². The second-order valence-corrected chi connectivity index (χ2v) is 5.91. The molecular weight excluding hydrogens is 234 g/mol. The predicted octanol–water partition coefficient (Wildman–Crippen LogP) is 3.80. The highest BCUT2D eigenvalue weighted by Gasteiger charge is 2.12. The highest BCUT2D eigenvalue weighted by molar-refractivity contribution is 6.30. The van der Waals surface area contributed by atoms with Crippen molar-refractivity contribution in [2.75, 3.05) is 6.54 Å². The van der Waals surface area contributed by atoms with Crippen LogP contribution < -0.4 is 10.1 Å². The number of hydrogen-bond donors (Lipinski definition) is 1. The Morgan fingerprint density at radius 2 is 2.00 bits per heavy atom. The molecule has 0 radical (unpaired) electrons. The Labute approximate surface area is 109 Å². The molecule has 1 aromatic carbocycles. The Kier molecular flexibility index (Phi) is 4.84. The highest BCUT2D eigenvalue weighted by Crippen LogP contribution is 2.22. The SMILES string of the molecule is Cc1cc(Cl)ccc1OC(C)CNC(C)(C)C. The number of halogens is 1. The molecule has 0 amide bonds. The summed E-state index contributed by atoms with van der Waals surface area (Å²) in [7, 11) is 0. The van der Waals surface area contributed by atoms with Crippen molar-refractivity contribution >= 4 is 11.6 Å². The molecule has 2 nitrogen and oxygen atoms in total. The number of benzene rings is 1. The zero-order valence-electron chi connectivity index (χ0n) is 11.3. The lowest BCUT2D eigenvalue weighted by Crippen LogP contribution is -2.41. The van der Waals surface area contributed by atoms with Gasteiger partial charge in [-0.2, -0.15) is 0 Å². The van der Waals surface area contributed by atoms with E-state index in [1.165, 1.54) is 0 Å². The van der Waals surface area contributed by atoms with E-state index in [4.69, 9.17) is 16.3 Å². The summed E-state index contributed by atoms with van der Waals surface area (Å²) in [5, 5.41) is 4.17. The molecule has 0 fully saturated rings. The first kappa shape index (κ1) is 14.3. The van der Waals surface area contributed by atoms with Gasteiger partial charge in [-0.1, -0.05) is 11.6 Å². The van der Waals surface area contributed by atoms with Crippen molar-refractivity contribution in [1.29, 1.82) is 0 Å². The summed E-state index contributed by atoms with van der Waals surface area (Å²) in [6, 6.07) is 5.69. The number of rotatable bonds is 4. The van der Waals surface area contributed by atoms with Gasteiger partial charge in [-0.3, -0.25) is 0 Å². The molecule has 0 saturated carbocycles. The average Bonchev–Trinajstić information content (AvgIpc) is 2.18. The molecule has 1 N–H and O–H groups in total. The zero-order chi connectivity index (χ0) is 13.1. The van der Waals surface area contributed by atoms with Crippen molar-refractivity contribution in [1.82, 2.24) is 5.32 Å². The predicted molar refractivity (Wildman–Crippen MR) is 74.0 cm³/mol. The van der Waals surface area contributed by atoms with Crippen molar-refractivity contribution in [2.45, 2.75) is 46.3 Å². The molecule has 3 heteroatoms. The van der Waals surface area contributed by atoms with Gasteiger partial charge in [0, 0.05) is 17.1 Å². The van der Waals surface area contributed by atoms with Crippen LogP contribution in [-0.2, 0) is 0 Å². The van der Waals surface area contributed by atoms with Crippen LogP contribution in [0.5, 0.6) is 5.75 Å². The third kappa shape index (κ3) is 5.42. The largest absolute Gasteiger partial charge is 0.489 e. The second kappa shape index (κ2) is 5.74. The van der Waals surface area contributed by atoms with E-state index in [1.807, 2.05) is 25.1 Å². The molecule has 1 rings (SSSR count). The average molecular weight is 256 g/mol. The Hall–Kier alpha value is -0.730. The Balaban J connectivity index is 2.53. The van der Waals surface area contributed by atoms with Crippen molar-refractivity contribution in [3.63, 3.8) is 0 Å². The topological polar surface area (TPSA) is 21.3 Å².